The molecule has 0 amide bonds. The van der Waals surface area contributed by atoms with Crippen LogP contribution in [0.5, 0.6) is 0 Å². The molecule has 70 valence electrons. The predicted molar refractivity (Wildman–Crippen MR) is 44.6 cm³/mol. The average Bonchev–Trinajstić information content (AvgIpc) is 2.31. The van der Waals surface area contributed by atoms with Crippen molar-refractivity contribution in [3.63, 3.8) is 0 Å². The molecule has 2 atom stereocenters. The third-order valence-electron chi connectivity index (χ3n) is 2.41. The number of hydrogen-bond donors (Lipinski definition) is 1. The van der Waals surface area contributed by atoms with Crippen molar-refractivity contribution in [2.24, 2.45) is 0 Å². The van der Waals surface area contributed by atoms with Crippen LogP contribution >= 0.6 is 0 Å². The maximum atomic E-state index is 10.9. The van der Waals surface area contributed by atoms with E-state index >= 15 is 0 Å². The SMILES string of the molecule is CCC(=O)O[C@@H]1CCC[C@]1(C)O. The summed E-state index contributed by atoms with van der Waals surface area (Å²) in [6, 6.07) is 0. The van der Waals surface area contributed by atoms with E-state index in [4.69, 9.17) is 4.74 Å². The first-order valence-electron chi connectivity index (χ1n) is 4.48. The van der Waals surface area contributed by atoms with Gasteiger partial charge in [-0.2, -0.15) is 0 Å². The smallest absolute Gasteiger partial charge is 0.305 e. The zero-order valence-corrected chi connectivity index (χ0v) is 7.67. The number of rotatable bonds is 2. The second kappa shape index (κ2) is 3.44. The summed E-state index contributed by atoms with van der Waals surface area (Å²) in [7, 11) is 0. The fourth-order valence-corrected chi connectivity index (χ4v) is 1.55. The molecule has 3 heteroatoms. The summed E-state index contributed by atoms with van der Waals surface area (Å²) in [6.45, 7) is 3.49. The van der Waals surface area contributed by atoms with Gasteiger partial charge in [0.05, 0.1) is 5.60 Å². The van der Waals surface area contributed by atoms with Crippen molar-refractivity contribution < 1.29 is 14.6 Å². The van der Waals surface area contributed by atoms with Crippen molar-refractivity contribution in [2.75, 3.05) is 0 Å². The Bertz CT molecular complexity index is 175. The zero-order valence-electron chi connectivity index (χ0n) is 7.67. The Morgan fingerprint density at radius 3 is 2.83 bits per heavy atom. The molecule has 1 N–H and O–H groups in total. The molecule has 1 aliphatic carbocycles. The van der Waals surface area contributed by atoms with Crippen molar-refractivity contribution in [1.82, 2.24) is 0 Å². The Hall–Kier alpha value is -0.570. The number of carbonyl (C=O) groups excluding carboxylic acids is 1. The zero-order chi connectivity index (χ0) is 9.19. The maximum absolute atomic E-state index is 10.9. The molecule has 0 radical (unpaired) electrons. The van der Waals surface area contributed by atoms with Crippen LogP contribution in [0.2, 0.25) is 0 Å². The molecule has 1 aliphatic rings. The minimum Gasteiger partial charge on any atom is -0.459 e. The molecular weight excluding hydrogens is 156 g/mol. The summed E-state index contributed by atoms with van der Waals surface area (Å²) in [4.78, 5) is 10.9. The summed E-state index contributed by atoms with van der Waals surface area (Å²) in [5, 5.41) is 9.72. The van der Waals surface area contributed by atoms with Crippen molar-refractivity contribution >= 4 is 5.97 Å². The lowest BCUT2D eigenvalue weighted by molar-refractivity contribution is -0.159. The van der Waals surface area contributed by atoms with E-state index in [0.717, 1.165) is 19.3 Å². The highest BCUT2D eigenvalue weighted by atomic mass is 16.6. The fraction of sp³-hybridized carbons (Fsp3) is 0.889. The summed E-state index contributed by atoms with van der Waals surface area (Å²) in [5.74, 6) is -0.220. The third kappa shape index (κ3) is 1.97. The third-order valence-corrected chi connectivity index (χ3v) is 2.41. The lowest BCUT2D eigenvalue weighted by atomic mass is 10.0. The van der Waals surface area contributed by atoms with Crippen molar-refractivity contribution in [3.8, 4) is 0 Å². The molecule has 0 saturated heterocycles. The van der Waals surface area contributed by atoms with Crippen LogP contribution < -0.4 is 0 Å². The van der Waals surface area contributed by atoms with E-state index in [-0.39, 0.29) is 12.1 Å². The van der Waals surface area contributed by atoms with Gasteiger partial charge in [-0.15, -0.1) is 0 Å². The van der Waals surface area contributed by atoms with Crippen LogP contribution in [-0.2, 0) is 9.53 Å². The Labute approximate surface area is 72.7 Å². The molecule has 1 fully saturated rings. The van der Waals surface area contributed by atoms with Gasteiger partial charge in [0, 0.05) is 6.42 Å². The van der Waals surface area contributed by atoms with Gasteiger partial charge < -0.3 is 9.84 Å². The van der Waals surface area contributed by atoms with E-state index < -0.39 is 5.60 Å². The number of aliphatic hydroxyl groups is 1. The quantitative estimate of drug-likeness (QED) is 0.637. The molecule has 12 heavy (non-hydrogen) atoms. The topological polar surface area (TPSA) is 46.5 Å². The summed E-state index contributed by atoms with van der Waals surface area (Å²) >= 11 is 0. The van der Waals surface area contributed by atoms with Crippen molar-refractivity contribution in [2.45, 2.75) is 51.2 Å². The van der Waals surface area contributed by atoms with E-state index in [1.54, 1.807) is 13.8 Å². The molecule has 0 unspecified atom stereocenters. The molecule has 0 bridgehead atoms. The second-order valence-electron chi connectivity index (χ2n) is 3.58. The average molecular weight is 172 g/mol. The van der Waals surface area contributed by atoms with Crippen molar-refractivity contribution in [1.29, 1.82) is 0 Å². The van der Waals surface area contributed by atoms with Gasteiger partial charge >= 0.3 is 5.97 Å². The Morgan fingerprint density at radius 1 is 1.75 bits per heavy atom. The van der Waals surface area contributed by atoms with Crippen LogP contribution in [0, 0.1) is 0 Å². The van der Waals surface area contributed by atoms with Crippen LogP contribution in [0.15, 0.2) is 0 Å². The van der Waals surface area contributed by atoms with E-state index in [9.17, 15) is 9.90 Å². The summed E-state index contributed by atoms with van der Waals surface area (Å²) in [6.07, 6.45) is 2.55. The lowest BCUT2D eigenvalue weighted by Crippen LogP contribution is -2.37. The molecule has 3 nitrogen and oxygen atoms in total. The second-order valence-corrected chi connectivity index (χ2v) is 3.58. The molecule has 0 heterocycles. The number of esters is 1. The van der Waals surface area contributed by atoms with E-state index in [0.29, 0.717) is 6.42 Å². The monoisotopic (exact) mass is 172 g/mol. The first-order chi connectivity index (χ1) is 5.56. The van der Waals surface area contributed by atoms with Crippen LogP contribution in [-0.4, -0.2) is 22.8 Å². The fourth-order valence-electron chi connectivity index (χ4n) is 1.55. The van der Waals surface area contributed by atoms with Crippen molar-refractivity contribution in [3.05, 3.63) is 0 Å². The van der Waals surface area contributed by atoms with E-state index in [1.807, 2.05) is 0 Å². The number of carbonyl (C=O) groups is 1. The predicted octanol–water partition coefficient (Wildman–Crippen LogP) is 1.24. The molecule has 1 rings (SSSR count). The normalized spacial score (nSPS) is 35.1. The lowest BCUT2D eigenvalue weighted by Gasteiger charge is -2.24. The number of hydrogen-bond acceptors (Lipinski definition) is 3. The molecule has 0 aromatic heterocycles. The number of ether oxygens (including phenoxy) is 1. The van der Waals surface area contributed by atoms with Gasteiger partial charge in [-0.05, 0) is 26.2 Å². The highest BCUT2D eigenvalue weighted by Crippen LogP contribution is 2.31. The molecule has 1 saturated carbocycles. The van der Waals surface area contributed by atoms with Gasteiger partial charge in [0.2, 0.25) is 0 Å². The van der Waals surface area contributed by atoms with Gasteiger partial charge in [0.15, 0.2) is 0 Å². The molecule has 0 aromatic rings. The maximum Gasteiger partial charge on any atom is 0.305 e. The Kier molecular flexibility index (Phi) is 2.73. The molecule has 0 aromatic carbocycles. The largest absolute Gasteiger partial charge is 0.459 e. The minimum atomic E-state index is -0.801. The minimum absolute atomic E-state index is 0.220. The standard InChI is InChI=1S/C9H16O3/c1-3-8(10)12-7-5-4-6-9(7,2)11/h7,11H,3-6H2,1-2H3/t7-,9+/m1/s1. The van der Waals surface area contributed by atoms with Crippen LogP contribution in [0.3, 0.4) is 0 Å². The van der Waals surface area contributed by atoms with Crippen LogP contribution in [0.4, 0.5) is 0 Å². The Balaban J connectivity index is 2.47. The van der Waals surface area contributed by atoms with Gasteiger partial charge in [0.1, 0.15) is 6.10 Å². The Morgan fingerprint density at radius 2 is 2.42 bits per heavy atom. The van der Waals surface area contributed by atoms with Gasteiger partial charge in [-0.1, -0.05) is 6.92 Å². The highest BCUT2D eigenvalue weighted by Gasteiger charge is 2.39. The van der Waals surface area contributed by atoms with E-state index in [1.165, 1.54) is 0 Å². The first kappa shape index (κ1) is 9.52. The van der Waals surface area contributed by atoms with Gasteiger partial charge in [-0.3, -0.25) is 4.79 Å². The molecular formula is C9H16O3. The van der Waals surface area contributed by atoms with Gasteiger partial charge in [-0.25, -0.2) is 0 Å². The first-order valence-corrected chi connectivity index (χ1v) is 4.48. The summed E-state index contributed by atoms with van der Waals surface area (Å²) < 4.78 is 5.09. The summed E-state index contributed by atoms with van der Waals surface area (Å²) in [5.41, 5.74) is -0.801. The van der Waals surface area contributed by atoms with Gasteiger partial charge in [0.25, 0.3) is 0 Å². The van der Waals surface area contributed by atoms with E-state index in [2.05, 4.69) is 0 Å². The highest BCUT2D eigenvalue weighted by molar-refractivity contribution is 5.69. The van der Waals surface area contributed by atoms with Crippen LogP contribution in [0.25, 0.3) is 0 Å². The molecule has 0 aliphatic heterocycles. The van der Waals surface area contributed by atoms with Crippen LogP contribution in [0.1, 0.15) is 39.5 Å². The molecule has 0 spiro atoms.